The summed E-state index contributed by atoms with van der Waals surface area (Å²) in [5, 5.41) is 0. The van der Waals surface area contributed by atoms with Crippen LogP contribution in [0, 0.1) is 0 Å². The van der Waals surface area contributed by atoms with Crippen LogP contribution in [0.5, 0.6) is 0 Å². The third-order valence-corrected chi connectivity index (χ3v) is 5.05. The van der Waals surface area contributed by atoms with Crippen molar-refractivity contribution in [3.8, 4) is 0 Å². The molecule has 0 radical (unpaired) electrons. The highest BCUT2D eigenvalue weighted by Gasteiger charge is 2.22. The van der Waals surface area contributed by atoms with Gasteiger partial charge in [0.25, 0.3) is 0 Å². The molecule has 1 aromatic carbocycles. The van der Waals surface area contributed by atoms with Crippen LogP contribution in [0.25, 0.3) is 0 Å². The molecule has 7 heteroatoms. The summed E-state index contributed by atoms with van der Waals surface area (Å²) in [7, 11) is -4.42. The number of sulfonamides is 1. The second-order valence-corrected chi connectivity index (χ2v) is 9.70. The fraction of sp³-hybridized carbons (Fsp3) is 0.571. The van der Waals surface area contributed by atoms with Crippen LogP contribution in [-0.2, 0) is 21.0 Å². The van der Waals surface area contributed by atoms with Gasteiger partial charge in [0.2, 0.25) is 10.0 Å². The Balaban J connectivity index is 2.85. The SMILES string of the molecule is CC[C@@H](N[S@](=O)C(C)(C)C)c1ccc(NS(C)(=O)=O)cc1. The summed E-state index contributed by atoms with van der Waals surface area (Å²) in [4.78, 5) is 0. The number of hydrogen-bond acceptors (Lipinski definition) is 3. The normalized spacial score (nSPS) is 15.5. The van der Waals surface area contributed by atoms with E-state index in [0.29, 0.717) is 5.69 Å². The van der Waals surface area contributed by atoms with Gasteiger partial charge in [-0.1, -0.05) is 19.1 Å². The minimum Gasteiger partial charge on any atom is -0.284 e. The molecule has 5 nitrogen and oxygen atoms in total. The fourth-order valence-electron chi connectivity index (χ4n) is 1.69. The predicted molar refractivity (Wildman–Crippen MR) is 89.0 cm³/mol. The van der Waals surface area contributed by atoms with Crippen LogP contribution in [0.15, 0.2) is 24.3 Å². The van der Waals surface area contributed by atoms with E-state index in [1.807, 2.05) is 39.8 Å². The Bertz CT molecular complexity index is 590. The molecule has 0 aromatic heterocycles. The van der Waals surface area contributed by atoms with E-state index in [4.69, 9.17) is 0 Å². The van der Waals surface area contributed by atoms with Crippen molar-refractivity contribution in [2.24, 2.45) is 0 Å². The molecule has 0 aliphatic heterocycles. The maximum atomic E-state index is 12.2. The third kappa shape index (κ3) is 6.15. The highest BCUT2D eigenvalue weighted by atomic mass is 32.2. The highest BCUT2D eigenvalue weighted by molar-refractivity contribution is 7.92. The molecule has 2 N–H and O–H groups in total. The summed E-state index contributed by atoms with van der Waals surface area (Å²) in [6, 6.07) is 7.07. The summed E-state index contributed by atoms with van der Waals surface area (Å²) >= 11 is 0. The zero-order chi connectivity index (χ0) is 16.3. The Hall–Kier alpha value is -0.920. The molecule has 0 bridgehead atoms. The van der Waals surface area contributed by atoms with E-state index >= 15 is 0 Å². The molecule has 0 fully saturated rings. The lowest BCUT2D eigenvalue weighted by Crippen LogP contribution is -2.35. The molecule has 1 rings (SSSR count). The summed E-state index contributed by atoms with van der Waals surface area (Å²) in [6.45, 7) is 7.77. The third-order valence-electron chi connectivity index (χ3n) is 2.83. The number of nitrogens with one attached hydrogen (secondary N) is 2. The largest absolute Gasteiger partial charge is 0.284 e. The van der Waals surface area contributed by atoms with E-state index < -0.39 is 21.0 Å². The molecule has 120 valence electrons. The average Bonchev–Trinajstić information content (AvgIpc) is 2.33. The van der Waals surface area contributed by atoms with Crippen LogP contribution in [0.2, 0.25) is 0 Å². The topological polar surface area (TPSA) is 75.3 Å². The Labute approximate surface area is 130 Å². The van der Waals surface area contributed by atoms with E-state index in [1.165, 1.54) is 0 Å². The molecule has 0 spiro atoms. The zero-order valence-corrected chi connectivity index (χ0v) is 14.8. The molecule has 1 aromatic rings. The second-order valence-electron chi connectivity index (χ2n) is 5.96. The molecule has 0 amide bonds. The van der Waals surface area contributed by atoms with E-state index in [0.717, 1.165) is 18.2 Å². The standard InChI is InChI=1S/C14H24N2O3S2/c1-6-13(15-20(17)14(2,3)4)11-7-9-12(10-8-11)16-21(5,18)19/h7-10,13,15-16H,6H2,1-5H3/t13-,20-/m1/s1. The monoisotopic (exact) mass is 332 g/mol. The predicted octanol–water partition coefficient (Wildman–Crippen LogP) is 2.56. The van der Waals surface area contributed by atoms with Crippen molar-refractivity contribution in [1.29, 1.82) is 0 Å². The van der Waals surface area contributed by atoms with Gasteiger partial charge in [-0.15, -0.1) is 0 Å². The van der Waals surface area contributed by atoms with E-state index in [-0.39, 0.29) is 10.8 Å². The van der Waals surface area contributed by atoms with Crippen molar-refractivity contribution in [1.82, 2.24) is 4.72 Å². The van der Waals surface area contributed by atoms with Crippen molar-refractivity contribution < 1.29 is 12.6 Å². The van der Waals surface area contributed by atoms with Gasteiger partial charge in [0.15, 0.2) is 0 Å². The lowest BCUT2D eigenvalue weighted by molar-refractivity contribution is 0.589. The van der Waals surface area contributed by atoms with Crippen molar-refractivity contribution >= 4 is 26.7 Å². The fourth-order valence-corrected chi connectivity index (χ4v) is 3.17. The van der Waals surface area contributed by atoms with Crippen molar-refractivity contribution in [2.45, 2.75) is 44.9 Å². The average molecular weight is 332 g/mol. The Morgan fingerprint density at radius 2 is 1.71 bits per heavy atom. The first-order valence-electron chi connectivity index (χ1n) is 6.78. The molecule has 0 aliphatic carbocycles. The summed E-state index contributed by atoms with van der Waals surface area (Å²) in [5.74, 6) is 0. The van der Waals surface area contributed by atoms with Crippen LogP contribution < -0.4 is 9.44 Å². The van der Waals surface area contributed by atoms with Gasteiger partial charge >= 0.3 is 0 Å². The van der Waals surface area contributed by atoms with Crippen molar-refractivity contribution in [3.63, 3.8) is 0 Å². The summed E-state index contributed by atoms with van der Waals surface area (Å²) < 4.78 is 39.7. The Kier molecular flexibility index (Phi) is 5.95. The quantitative estimate of drug-likeness (QED) is 0.840. The first kappa shape index (κ1) is 18.1. The van der Waals surface area contributed by atoms with E-state index in [9.17, 15) is 12.6 Å². The van der Waals surface area contributed by atoms with E-state index in [2.05, 4.69) is 9.44 Å². The molecule has 21 heavy (non-hydrogen) atoms. The molecular formula is C14H24N2O3S2. The van der Waals surface area contributed by atoms with Gasteiger partial charge in [0.1, 0.15) is 0 Å². The summed E-state index contributed by atoms with van der Waals surface area (Å²) in [6.07, 6.45) is 1.91. The van der Waals surface area contributed by atoms with Crippen molar-refractivity contribution in [2.75, 3.05) is 11.0 Å². The highest BCUT2D eigenvalue weighted by Crippen LogP contribution is 2.22. The Morgan fingerprint density at radius 3 is 2.10 bits per heavy atom. The number of benzene rings is 1. The van der Waals surface area contributed by atoms with Gasteiger partial charge in [-0.05, 0) is 44.9 Å². The molecule has 0 heterocycles. The van der Waals surface area contributed by atoms with Gasteiger partial charge in [0.05, 0.1) is 22.0 Å². The van der Waals surface area contributed by atoms with Crippen LogP contribution in [0.4, 0.5) is 5.69 Å². The number of hydrogen-bond donors (Lipinski definition) is 2. The second kappa shape index (κ2) is 6.89. The molecule has 0 saturated carbocycles. The lowest BCUT2D eigenvalue weighted by Gasteiger charge is -2.24. The van der Waals surface area contributed by atoms with Gasteiger partial charge in [-0.3, -0.25) is 4.72 Å². The number of anilines is 1. The summed E-state index contributed by atoms with van der Waals surface area (Å²) in [5.41, 5.74) is 1.50. The first-order valence-corrected chi connectivity index (χ1v) is 9.83. The zero-order valence-electron chi connectivity index (χ0n) is 13.1. The molecule has 0 aliphatic rings. The first-order chi connectivity index (χ1) is 9.53. The van der Waals surface area contributed by atoms with Gasteiger partial charge in [0, 0.05) is 11.7 Å². The van der Waals surface area contributed by atoms with Crippen LogP contribution in [0.1, 0.15) is 45.7 Å². The van der Waals surface area contributed by atoms with Crippen LogP contribution >= 0.6 is 0 Å². The van der Waals surface area contributed by atoms with Gasteiger partial charge in [-0.2, -0.15) is 0 Å². The van der Waals surface area contributed by atoms with E-state index in [1.54, 1.807) is 12.1 Å². The smallest absolute Gasteiger partial charge is 0.229 e. The number of rotatable bonds is 6. The van der Waals surface area contributed by atoms with Crippen LogP contribution in [-0.4, -0.2) is 23.6 Å². The minimum absolute atomic E-state index is 0.0302. The van der Waals surface area contributed by atoms with Crippen LogP contribution in [0.3, 0.4) is 0 Å². The minimum atomic E-state index is -3.27. The van der Waals surface area contributed by atoms with Crippen molar-refractivity contribution in [3.05, 3.63) is 29.8 Å². The lowest BCUT2D eigenvalue weighted by atomic mass is 10.1. The maximum Gasteiger partial charge on any atom is 0.229 e. The maximum absolute atomic E-state index is 12.2. The Morgan fingerprint density at radius 1 is 1.19 bits per heavy atom. The van der Waals surface area contributed by atoms with Gasteiger partial charge < -0.3 is 0 Å². The molecule has 2 atom stereocenters. The molecule has 0 unspecified atom stereocenters. The molecule has 0 saturated heterocycles. The molecular weight excluding hydrogens is 308 g/mol. The van der Waals surface area contributed by atoms with Gasteiger partial charge in [-0.25, -0.2) is 17.3 Å².